The molecule has 18 heavy (non-hydrogen) atoms. The lowest BCUT2D eigenvalue weighted by Gasteiger charge is -2.10. The maximum atomic E-state index is 13.6. The molecule has 0 bridgehead atoms. The number of aromatic nitrogens is 2. The molecule has 1 N–H and O–H groups in total. The van der Waals surface area contributed by atoms with Crippen molar-refractivity contribution in [3.63, 3.8) is 0 Å². The van der Waals surface area contributed by atoms with Crippen LogP contribution < -0.4 is 5.32 Å². The van der Waals surface area contributed by atoms with E-state index < -0.39 is 11.6 Å². The summed E-state index contributed by atoms with van der Waals surface area (Å²) in [5.74, 6) is -1.24. The lowest BCUT2D eigenvalue weighted by molar-refractivity contribution is 0.585. The van der Waals surface area contributed by atoms with Gasteiger partial charge in [-0.05, 0) is 19.1 Å². The standard InChI is InChI=1S/C12H12BrF2N3/c1-2-18-7-16-5-9(18)6-17-12-10(14)3-8(13)4-11(12)15/h3-5,7,17H,2,6H2,1H3. The molecule has 0 atom stereocenters. The quantitative estimate of drug-likeness (QED) is 0.935. The molecule has 1 aromatic heterocycles. The summed E-state index contributed by atoms with van der Waals surface area (Å²) < 4.78 is 29.4. The SMILES string of the molecule is CCn1cncc1CNc1c(F)cc(Br)cc1F. The number of nitrogens with one attached hydrogen (secondary N) is 1. The van der Waals surface area contributed by atoms with Crippen LogP contribution in [0.2, 0.25) is 0 Å². The molecular formula is C12H12BrF2N3. The van der Waals surface area contributed by atoms with Crippen LogP contribution in [0.3, 0.4) is 0 Å². The van der Waals surface area contributed by atoms with Gasteiger partial charge in [0.15, 0.2) is 0 Å². The van der Waals surface area contributed by atoms with Gasteiger partial charge in [0.05, 0.1) is 18.6 Å². The highest BCUT2D eigenvalue weighted by atomic mass is 79.9. The smallest absolute Gasteiger partial charge is 0.150 e. The third-order valence-electron chi connectivity index (χ3n) is 2.59. The van der Waals surface area contributed by atoms with E-state index in [0.717, 1.165) is 12.2 Å². The van der Waals surface area contributed by atoms with Gasteiger partial charge in [-0.25, -0.2) is 13.8 Å². The number of aryl methyl sites for hydroxylation is 1. The van der Waals surface area contributed by atoms with Crippen molar-refractivity contribution in [3.05, 3.63) is 46.5 Å². The lowest BCUT2D eigenvalue weighted by Crippen LogP contribution is -2.08. The Bertz CT molecular complexity index is 531. The van der Waals surface area contributed by atoms with Crippen molar-refractivity contribution in [1.29, 1.82) is 0 Å². The fraction of sp³-hybridized carbons (Fsp3) is 0.250. The predicted octanol–water partition coefficient (Wildman–Crippen LogP) is 3.56. The topological polar surface area (TPSA) is 29.9 Å². The second kappa shape index (κ2) is 5.48. The summed E-state index contributed by atoms with van der Waals surface area (Å²) in [6.45, 7) is 3.07. The van der Waals surface area contributed by atoms with Gasteiger partial charge in [-0.3, -0.25) is 0 Å². The number of hydrogen-bond donors (Lipinski definition) is 1. The zero-order valence-corrected chi connectivity index (χ0v) is 11.3. The Morgan fingerprint density at radius 3 is 2.61 bits per heavy atom. The van der Waals surface area contributed by atoms with Gasteiger partial charge in [-0.1, -0.05) is 15.9 Å². The molecule has 0 spiro atoms. The van der Waals surface area contributed by atoms with Gasteiger partial charge in [0, 0.05) is 17.2 Å². The lowest BCUT2D eigenvalue weighted by atomic mass is 10.3. The molecule has 0 saturated heterocycles. The first-order chi connectivity index (χ1) is 8.61. The van der Waals surface area contributed by atoms with Gasteiger partial charge in [-0.2, -0.15) is 0 Å². The summed E-state index contributed by atoms with van der Waals surface area (Å²) in [6, 6.07) is 2.45. The van der Waals surface area contributed by atoms with Gasteiger partial charge in [-0.15, -0.1) is 0 Å². The average Bonchev–Trinajstić information content (AvgIpc) is 2.75. The van der Waals surface area contributed by atoms with Gasteiger partial charge in [0.25, 0.3) is 0 Å². The summed E-state index contributed by atoms with van der Waals surface area (Å²) in [5.41, 5.74) is 0.751. The maximum absolute atomic E-state index is 13.6. The van der Waals surface area contributed by atoms with Crippen LogP contribution in [0.4, 0.5) is 14.5 Å². The molecule has 1 heterocycles. The van der Waals surface area contributed by atoms with Gasteiger partial charge in [0.2, 0.25) is 0 Å². The fourth-order valence-electron chi connectivity index (χ4n) is 1.67. The van der Waals surface area contributed by atoms with Gasteiger partial charge >= 0.3 is 0 Å². The van der Waals surface area contributed by atoms with E-state index in [0.29, 0.717) is 11.0 Å². The van der Waals surface area contributed by atoms with Crippen molar-refractivity contribution in [2.24, 2.45) is 0 Å². The van der Waals surface area contributed by atoms with Crippen molar-refractivity contribution < 1.29 is 8.78 Å². The number of imidazole rings is 1. The monoisotopic (exact) mass is 315 g/mol. The average molecular weight is 316 g/mol. The minimum Gasteiger partial charge on any atom is -0.375 e. The number of nitrogens with zero attached hydrogens (tertiary/aromatic N) is 2. The van der Waals surface area contributed by atoms with E-state index >= 15 is 0 Å². The summed E-state index contributed by atoms with van der Waals surface area (Å²) in [4.78, 5) is 3.99. The molecule has 0 unspecified atom stereocenters. The second-order valence-electron chi connectivity index (χ2n) is 3.77. The third kappa shape index (κ3) is 2.69. The van der Waals surface area contributed by atoms with E-state index in [1.807, 2.05) is 11.5 Å². The largest absolute Gasteiger partial charge is 0.375 e. The van der Waals surface area contributed by atoms with Crippen LogP contribution in [0.1, 0.15) is 12.6 Å². The first kappa shape index (κ1) is 13.0. The molecule has 0 amide bonds. The minimum absolute atomic E-state index is 0.123. The summed E-state index contributed by atoms with van der Waals surface area (Å²) in [6.07, 6.45) is 3.36. The molecule has 6 heteroatoms. The van der Waals surface area contributed by atoms with Crippen LogP contribution in [-0.4, -0.2) is 9.55 Å². The van der Waals surface area contributed by atoms with Crippen molar-refractivity contribution in [1.82, 2.24) is 9.55 Å². The van der Waals surface area contributed by atoms with E-state index in [-0.39, 0.29) is 5.69 Å². The molecule has 0 aliphatic rings. The molecule has 0 aliphatic heterocycles. The Morgan fingerprint density at radius 1 is 1.33 bits per heavy atom. The van der Waals surface area contributed by atoms with E-state index in [2.05, 4.69) is 26.2 Å². The molecule has 0 fully saturated rings. The molecule has 2 rings (SSSR count). The Labute approximate surface area is 112 Å². The zero-order chi connectivity index (χ0) is 13.1. The molecule has 96 valence electrons. The van der Waals surface area contributed by atoms with E-state index in [9.17, 15) is 8.78 Å². The Balaban J connectivity index is 2.16. The highest BCUT2D eigenvalue weighted by Gasteiger charge is 2.10. The van der Waals surface area contributed by atoms with Crippen LogP contribution in [0.25, 0.3) is 0 Å². The summed E-state index contributed by atoms with van der Waals surface area (Å²) >= 11 is 3.04. The second-order valence-corrected chi connectivity index (χ2v) is 4.68. The third-order valence-corrected chi connectivity index (χ3v) is 3.05. The first-order valence-corrected chi connectivity index (χ1v) is 6.28. The fourth-order valence-corrected chi connectivity index (χ4v) is 2.07. The van der Waals surface area contributed by atoms with Crippen LogP contribution >= 0.6 is 15.9 Å². The Morgan fingerprint density at radius 2 is 2.00 bits per heavy atom. The summed E-state index contributed by atoms with van der Waals surface area (Å²) in [5, 5.41) is 2.75. The zero-order valence-electron chi connectivity index (χ0n) is 9.75. The minimum atomic E-state index is -0.621. The maximum Gasteiger partial charge on any atom is 0.150 e. The number of rotatable bonds is 4. The van der Waals surface area contributed by atoms with Crippen LogP contribution in [0.15, 0.2) is 29.1 Å². The Hall–Kier alpha value is -1.43. The Kier molecular flexibility index (Phi) is 3.96. The molecule has 3 nitrogen and oxygen atoms in total. The van der Waals surface area contributed by atoms with E-state index in [1.54, 1.807) is 12.5 Å². The van der Waals surface area contributed by atoms with Crippen molar-refractivity contribution in [3.8, 4) is 0 Å². The van der Waals surface area contributed by atoms with Crippen LogP contribution in [0.5, 0.6) is 0 Å². The first-order valence-electron chi connectivity index (χ1n) is 5.49. The van der Waals surface area contributed by atoms with Crippen molar-refractivity contribution >= 4 is 21.6 Å². The number of halogens is 3. The van der Waals surface area contributed by atoms with Gasteiger partial charge < -0.3 is 9.88 Å². The molecule has 1 aromatic carbocycles. The van der Waals surface area contributed by atoms with Crippen molar-refractivity contribution in [2.45, 2.75) is 20.0 Å². The van der Waals surface area contributed by atoms with E-state index in [1.165, 1.54) is 12.1 Å². The van der Waals surface area contributed by atoms with E-state index in [4.69, 9.17) is 0 Å². The molecular weight excluding hydrogens is 304 g/mol. The molecule has 0 saturated carbocycles. The van der Waals surface area contributed by atoms with Gasteiger partial charge in [0.1, 0.15) is 17.3 Å². The molecule has 2 aromatic rings. The van der Waals surface area contributed by atoms with Crippen LogP contribution in [0, 0.1) is 11.6 Å². The number of anilines is 1. The molecule has 0 radical (unpaired) electrons. The highest BCUT2D eigenvalue weighted by Crippen LogP contribution is 2.24. The predicted molar refractivity (Wildman–Crippen MR) is 69.3 cm³/mol. The normalized spacial score (nSPS) is 10.7. The van der Waals surface area contributed by atoms with Crippen molar-refractivity contribution in [2.75, 3.05) is 5.32 Å². The number of benzene rings is 1. The summed E-state index contributed by atoms with van der Waals surface area (Å²) in [7, 11) is 0. The highest BCUT2D eigenvalue weighted by molar-refractivity contribution is 9.10. The number of hydrogen-bond acceptors (Lipinski definition) is 2. The molecule has 0 aliphatic carbocycles. The van der Waals surface area contributed by atoms with Crippen LogP contribution in [-0.2, 0) is 13.1 Å².